The van der Waals surface area contributed by atoms with Crippen molar-refractivity contribution in [2.75, 3.05) is 20.3 Å². The van der Waals surface area contributed by atoms with Crippen LogP contribution < -0.4 is 19.5 Å². The predicted octanol–water partition coefficient (Wildman–Crippen LogP) is 5.57. The molecule has 8 heteroatoms. The highest BCUT2D eigenvalue weighted by Gasteiger charge is 2.12. The average molecular weight is 471 g/mol. The summed E-state index contributed by atoms with van der Waals surface area (Å²) < 4.78 is 17.1. The number of halogens is 1. The molecule has 3 rings (SSSR count). The number of nitrogens with one attached hydrogen (secondary N) is 1. The van der Waals surface area contributed by atoms with Gasteiger partial charge in [0.1, 0.15) is 12.4 Å². The smallest absolute Gasteiger partial charge is 0.269 e. The van der Waals surface area contributed by atoms with Crippen molar-refractivity contribution in [3.63, 3.8) is 0 Å². The number of nitro groups is 1. The first-order valence-electron chi connectivity index (χ1n) is 10.7. The van der Waals surface area contributed by atoms with E-state index in [1.54, 1.807) is 25.3 Å². The van der Waals surface area contributed by atoms with Crippen LogP contribution in [0.1, 0.15) is 23.6 Å². The lowest BCUT2D eigenvalue weighted by molar-refractivity contribution is -0.384. The Morgan fingerprint density at radius 3 is 2.39 bits per heavy atom. The second-order valence-corrected chi connectivity index (χ2v) is 7.68. The zero-order valence-corrected chi connectivity index (χ0v) is 19.4. The van der Waals surface area contributed by atoms with Crippen LogP contribution in [-0.4, -0.2) is 25.2 Å². The van der Waals surface area contributed by atoms with Gasteiger partial charge in [0.05, 0.1) is 18.6 Å². The van der Waals surface area contributed by atoms with Crippen LogP contribution in [0.5, 0.6) is 17.2 Å². The minimum absolute atomic E-state index is 0.0411. The van der Waals surface area contributed by atoms with E-state index in [1.807, 2.05) is 31.2 Å². The first kappa shape index (κ1) is 24.4. The van der Waals surface area contributed by atoms with Gasteiger partial charge < -0.3 is 19.5 Å². The molecule has 0 radical (unpaired) electrons. The van der Waals surface area contributed by atoms with Crippen LogP contribution in [0.15, 0.2) is 60.7 Å². The lowest BCUT2D eigenvalue weighted by Gasteiger charge is -2.15. The van der Waals surface area contributed by atoms with Crippen molar-refractivity contribution in [1.29, 1.82) is 0 Å². The van der Waals surface area contributed by atoms with Crippen LogP contribution in [0.4, 0.5) is 5.69 Å². The van der Waals surface area contributed by atoms with E-state index in [2.05, 4.69) is 11.4 Å². The van der Waals surface area contributed by atoms with Gasteiger partial charge in [0, 0.05) is 29.8 Å². The molecule has 0 spiro atoms. The third-order valence-corrected chi connectivity index (χ3v) is 5.39. The Morgan fingerprint density at radius 1 is 0.970 bits per heavy atom. The first-order chi connectivity index (χ1) is 16.0. The molecule has 3 aromatic rings. The Labute approximate surface area is 198 Å². The van der Waals surface area contributed by atoms with Gasteiger partial charge in [0.25, 0.3) is 5.69 Å². The van der Waals surface area contributed by atoms with Gasteiger partial charge in [-0.15, -0.1) is 0 Å². The number of para-hydroxylation sites is 1. The molecule has 3 aromatic carbocycles. The minimum Gasteiger partial charge on any atom is -0.496 e. The SMILES string of the molecule is CCOc1cc(CNCCc2ccccc2OC)c(Cl)cc1OCc1ccc([N+](=O)[O-])cc1. The monoisotopic (exact) mass is 470 g/mol. The largest absolute Gasteiger partial charge is 0.496 e. The summed E-state index contributed by atoms with van der Waals surface area (Å²) in [5.41, 5.74) is 2.90. The number of nitro benzene ring substituents is 1. The predicted molar refractivity (Wildman–Crippen MR) is 128 cm³/mol. The maximum Gasteiger partial charge on any atom is 0.269 e. The quantitative estimate of drug-likeness (QED) is 0.212. The van der Waals surface area contributed by atoms with Crippen molar-refractivity contribution in [1.82, 2.24) is 5.32 Å². The molecule has 0 aliphatic rings. The van der Waals surface area contributed by atoms with E-state index in [9.17, 15) is 10.1 Å². The van der Waals surface area contributed by atoms with E-state index in [-0.39, 0.29) is 12.3 Å². The molecule has 0 aliphatic heterocycles. The van der Waals surface area contributed by atoms with Crippen LogP contribution in [0.3, 0.4) is 0 Å². The summed E-state index contributed by atoms with van der Waals surface area (Å²) in [5.74, 6) is 2.01. The Morgan fingerprint density at radius 2 is 1.70 bits per heavy atom. The number of hydrogen-bond acceptors (Lipinski definition) is 6. The summed E-state index contributed by atoms with van der Waals surface area (Å²) in [7, 11) is 1.67. The van der Waals surface area contributed by atoms with Crippen LogP contribution in [0.2, 0.25) is 5.02 Å². The van der Waals surface area contributed by atoms with Crippen LogP contribution in [0.25, 0.3) is 0 Å². The van der Waals surface area contributed by atoms with Gasteiger partial charge in [-0.05, 0) is 60.8 Å². The fourth-order valence-corrected chi connectivity index (χ4v) is 3.54. The second kappa shape index (κ2) is 12.1. The topological polar surface area (TPSA) is 82.9 Å². The summed E-state index contributed by atoms with van der Waals surface area (Å²) in [5, 5.41) is 14.8. The number of methoxy groups -OCH3 is 1. The second-order valence-electron chi connectivity index (χ2n) is 7.27. The van der Waals surface area contributed by atoms with Gasteiger partial charge in [-0.3, -0.25) is 10.1 Å². The number of hydrogen-bond donors (Lipinski definition) is 1. The third kappa shape index (κ3) is 6.84. The minimum atomic E-state index is -0.430. The van der Waals surface area contributed by atoms with E-state index >= 15 is 0 Å². The molecule has 33 heavy (non-hydrogen) atoms. The summed E-state index contributed by atoms with van der Waals surface area (Å²) in [6, 6.07) is 17.8. The Balaban J connectivity index is 1.61. The molecule has 0 aliphatic carbocycles. The van der Waals surface area contributed by atoms with E-state index in [0.29, 0.717) is 29.7 Å². The molecule has 7 nitrogen and oxygen atoms in total. The summed E-state index contributed by atoms with van der Waals surface area (Å²) in [6.45, 7) is 3.97. The van der Waals surface area contributed by atoms with Gasteiger partial charge in [0.15, 0.2) is 11.5 Å². The zero-order valence-electron chi connectivity index (χ0n) is 18.7. The normalized spacial score (nSPS) is 10.6. The summed E-state index contributed by atoms with van der Waals surface area (Å²) >= 11 is 6.51. The lowest BCUT2D eigenvalue weighted by atomic mass is 10.1. The van der Waals surface area contributed by atoms with Crippen LogP contribution in [0, 0.1) is 10.1 Å². The zero-order chi connectivity index (χ0) is 23.6. The molecule has 0 saturated heterocycles. The van der Waals surface area contributed by atoms with E-state index in [4.69, 9.17) is 25.8 Å². The van der Waals surface area contributed by atoms with E-state index < -0.39 is 4.92 Å². The summed E-state index contributed by atoms with van der Waals surface area (Å²) in [6.07, 6.45) is 0.830. The highest BCUT2D eigenvalue weighted by molar-refractivity contribution is 6.31. The van der Waals surface area contributed by atoms with Gasteiger partial charge in [-0.1, -0.05) is 29.8 Å². The van der Waals surface area contributed by atoms with Gasteiger partial charge in [0.2, 0.25) is 0 Å². The summed E-state index contributed by atoms with van der Waals surface area (Å²) in [4.78, 5) is 10.4. The lowest BCUT2D eigenvalue weighted by Crippen LogP contribution is -2.17. The number of benzene rings is 3. The maximum atomic E-state index is 10.8. The molecule has 0 saturated carbocycles. The molecule has 0 amide bonds. The average Bonchev–Trinajstić information content (AvgIpc) is 2.83. The Hall–Kier alpha value is -3.29. The van der Waals surface area contributed by atoms with Crippen molar-refractivity contribution >= 4 is 17.3 Å². The van der Waals surface area contributed by atoms with Gasteiger partial charge in [-0.2, -0.15) is 0 Å². The van der Waals surface area contributed by atoms with Crippen LogP contribution >= 0.6 is 11.6 Å². The van der Waals surface area contributed by atoms with E-state index in [0.717, 1.165) is 35.4 Å². The molecule has 0 fully saturated rings. The Kier molecular flexibility index (Phi) is 8.92. The fraction of sp³-hybridized carbons (Fsp3) is 0.280. The van der Waals surface area contributed by atoms with Crippen molar-refractivity contribution in [3.8, 4) is 17.2 Å². The van der Waals surface area contributed by atoms with Gasteiger partial charge in [-0.25, -0.2) is 0 Å². The van der Waals surface area contributed by atoms with Crippen LogP contribution in [-0.2, 0) is 19.6 Å². The van der Waals surface area contributed by atoms with Gasteiger partial charge >= 0.3 is 0 Å². The maximum absolute atomic E-state index is 10.8. The first-order valence-corrected chi connectivity index (χ1v) is 11.0. The molecule has 174 valence electrons. The number of nitrogens with zero attached hydrogens (tertiary/aromatic N) is 1. The van der Waals surface area contributed by atoms with E-state index in [1.165, 1.54) is 12.1 Å². The third-order valence-electron chi connectivity index (χ3n) is 5.03. The van der Waals surface area contributed by atoms with Crippen molar-refractivity contribution in [2.45, 2.75) is 26.5 Å². The number of rotatable bonds is 12. The molecule has 0 bridgehead atoms. The molecule has 0 atom stereocenters. The van der Waals surface area contributed by atoms with Crippen molar-refractivity contribution in [3.05, 3.63) is 92.5 Å². The molecule has 0 unspecified atom stereocenters. The van der Waals surface area contributed by atoms with Crippen molar-refractivity contribution < 1.29 is 19.1 Å². The Bertz CT molecular complexity index is 1070. The number of ether oxygens (including phenoxy) is 3. The fourth-order valence-electron chi connectivity index (χ4n) is 3.32. The highest BCUT2D eigenvalue weighted by atomic mass is 35.5. The molecular weight excluding hydrogens is 444 g/mol. The highest BCUT2D eigenvalue weighted by Crippen LogP contribution is 2.34. The van der Waals surface area contributed by atoms with Crippen molar-refractivity contribution in [2.24, 2.45) is 0 Å². The number of non-ortho nitro benzene ring substituents is 1. The molecular formula is C25H27ClN2O5. The molecule has 0 aromatic heterocycles. The standard InChI is InChI=1S/C25H27ClN2O5/c1-3-32-24-14-20(16-27-13-12-19-6-4-5-7-23(19)31-2)22(26)15-25(24)33-17-18-8-10-21(11-9-18)28(29)30/h4-11,14-15,27H,3,12-13,16-17H2,1-2H3. The molecule has 0 heterocycles. The molecule has 1 N–H and O–H groups in total.